The number of aryl methyl sites for hydroxylation is 1. The predicted octanol–water partition coefficient (Wildman–Crippen LogP) is -0.246. The molecule has 0 aromatic carbocycles. The molecule has 0 amide bonds. The molecule has 0 bridgehead atoms. The van der Waals surface area contributed by atoms with Gasteiger partial charge in [0.15, 0.2) is 11.9 Å². The minimum atomic E-state index is -0.984. The van der Waals surface area contributed by atoms with E-state index >= 15 is 0 Å². The van der Waals surface area contributed by atoms with Crippen LogP contribution in [-0.4, -0.2) is 27.3 Å². The average molecular weight is 255 g/mol. The molecule has 18 heavy (non-hydrogen) atoms. The predicted molar refractivity (Wildman–Crippen MR) is 63.7 cm³/mol. The second kappa shape index (κ2) is 6.93. The van der Waals surface area contributed by atoms with Gasteiger partial charge < -0.3 is 21.1 Å². The Kier molecular flexibility index (Phi) is 5.54. The minimum absolute atomic E-state index is 0.101. The van der Waals surface area contributed by atoms with Crippen LogP contribution in [0.1, 0.15) is 24.8 Å². The summed E-state index contributed by atoms with van der Waals surface area (Å²) in [6.45, 7) is 0.520. The van der Waals surface area contributed by atoms with Gasteiger partial charge in [0.1, 0.15) is 12.6 Å². The third kappa shape index (κ3) is 4.68. The van der Waals surface area contributed by atoms with Crippen molar-refractivity contribution in [2.45, 2.75) is 38.5 Å². The molecule has 0 aliphatic carbocycles. The van der Waals surface area contributed by atoms with Crippen molar-refractivity contribution in [2.75, 3.05) is 0 Å². The van der Waals surface area contributed by atoms with Crippen LogP contribution in [0.15, 0.2) is 18.5 Å². The van der Waals surface area contributed by atoms with Crippen LogP contribution >= 0.6 is 0 Å². The number of aliphatic carboxylic acids is 1. The number of carboxylic acid groups (broad SMARTS) is 1. The van der Waals surface area contributed by atoms with Crippen molar-refractivity contribution in [3.63, 3.8) is 0 Å². The molecule has 0 spiro atoms. The Morgan fingerprint density at radius 3 is 2.72 bits per heavy atom. The van der Waals surface area contributed by atoms with Crippen LogP contribution in [0.4, 0.5) is 0 Å². The maximum atomic E-state index is 10.5. The standard InChI is InChI=1S/C12H18N2O4/c13-11(12(17)18)3-1-2-4-14-6-9(8-15)5-10(16)7-14/h5-7,11,15H,1-4,8,13H2,(H-,16,17,18)/p+1/t11-/m0/s1. The zero-order valence-electron chi connectivity index (χ0n) is 10.1. The van der Waals surface area contributed by atoms with Gasteiger partial charge in [-0.25, -0.2) is 4.57 Å². The maximum absolute atomic E-state index is 10.5. The van der Waals surface area contributed by atoms with Crippen molar-refractivity contribution >= 4 is 5.97 Å². The van der Waals surface area contributed by atoms with Gasteiger partial charge in [-0.05, 0) is 18.9 Å². The third-order valence-corrected chi connectivity index (χ3v) is 2.64. The molecule has 1 heterocycles. The number of aliphatic hydroxyl groups is 1. The fourth-order valence-electron chi connectivity index (χ4n) is 1.68. The van der Waals surface area contributed by atoms with Crippen molar-refractivity contribution in [3.8, 4) is 5.75 Å². The Hall–Kier alpha value is -1.66. The average Bonchev–Trinajstić information content (AvgIpc) is 2.33. The third-order valence-electron chi connectivity index (χ3n) is 2.64. The number of aromatic nitrogens is 1. The SMILES string of the molecule is N[C@@H](CCCC[n+]1cc(O)cc(CO)c1)C(=O)O. The number of nitrogens with two attached hydrogens (primary N) is 1. The fourth-order valence-corrected chi connectivity index (χ4v) is 1.68. The van der Waals surface area contributed by atoms with Gasteiger partial charge in [-0.2, -0.15) is 0 Å². The van der Waals surface area contributed by atoms with E-state index in [-0.39, 0.29) is 12.4 Å². The molecule has 0 unspecified atom stereocenters. The first-order valence-electron chi connectivity index (χ1n) is 5.84. The van der Waals surface area contributed by atoms with Gasteiger partial charge in [0.05, 0.1) is 6.61 Å². The zero-order valence-corrected chi connectivity index (χ0v) is 10.1. The van der Waals surface area contributed by atoms with Crippen LogP contribution in [0.3, 0.4) is 0 Å². The van der Waals surface area contributed by atoms with Crippen molar-refractivity contribution in [1.29, 1.82) is 0 Å². The van der Waals surface area contributed by atoms with Gasteiger partial charge in [-0.1, -0.05) is 0 Å². The summed E-state index contributed by atoms with van der Waals surface area (Å²) in [5, 5.41) is 27.0. The summed E-state index contributed by atoms with van der Waals surface area (Å²) in [7, 11) is 0. The van der Waals surface area contributed by atoms with Gasteiger partial charge >= 0.3 is 5.97 Å². The lowest BCUT2D eigenvalue weighted by Crippen LogP contribution is -2.34. The molecular formula is C12H19N2O4+. The van der Waals surface area contributed by atoms with Gasteiger partial charge in [0.25, 0.3) is 0 Å². The van der Waals surface area contributed by atoms with Crippen LogP contribution in [0, 0.1) is 0 Å². The monoisotopic (exact) mass is 255 g/mol. The number of rotatable bonds is 7. The van der Waals surface area contributed by atoms with E-state index in [0.29, 0.717) is 24.9 Å². The number of hydrogen-bond donors (Lipinski definition) is 4. The normalized spacial score (nSPS) is 12.3. The summed E-state index contributed by atoms with van der Waals surface area (Å²) in [6, 6.07) is 0.684. The molecule has 0 aliphatic heterocycles. The van der Waals surface area contributed by atoms with E-state index in [4.69, 9.17) is 15.9 Å². The molecule has 1 aromatic heterocycles. The zero-order chi connectivity index (χ0) is 13.5. The minimum Gasteiger partial charge on any atom is -0.503 e. The number of nitrogens with zero attached hydrogens (tertiary/aromatic N) is 1. The van der Waals surface area contributed by atoms with Crippen molar-refractivity contribution in [1.82, 2.24) is 0 Å². The molecular weight excluding hydrogens is 236 g/mol. The Labute approximate surface area is 105 Å². The van der Waals surface area contributed by atoms with E-state index in [1.165, 1.54) is 6.07 Å². The van der Waals surface area contributed by atoms with E-state index in [1.54, 1.807) is 17.0 Å². The summed E-state index contributed by atoms with van der Waals surface area (Å²) in [4.78, 5) is 10.5. The Bertz CT molecular complexity index is 409. The first-order chi connectivity index (χ1) is 8.52. The molecule has 100 valence electrons. The largest absolute Gasteiger partial charge is 0.503 e. The van der Waals surface area contributed by atoms with Crippen LogP contribution in [-0.2, 0) is 17.9 Å². The lowest BCUT2D eigenvalue weighted by molar-refractivity contribution is -0.698. The molecule has 5 N–H and O–H groups in total. The number of carbonyl (C=O) groups is 1. The van der Waals surface area contributed by atoms with E-state index < -0.39 is 12.0 Å². The van der Waals surface area contributed by atoms with E-state index in [1.807, 2.05) is 0 Å². The van der Waals surface area contributed by atoms with Crippen molar-refractivity contribution in [2.24, 2.45) is 5.73 Å². The van der Waals surface area contributed by atoms with Crippen molar-refractivity contribution in [3.05, 3.63) is 24.0 Å². The van der Waals surface area contributed by atoms with Crippen LogP contribution in [0.5, 0.6) is 5.75 Å². The Morgan fingerprint density at radius 1 is 1.39 bits per heavy atom. The summed E-state index contributed by atoms with van der Waals surface area (Å²) >= 11 is 0. The molecule has 0 aliphatic rings. The van der Waals surface area contributed by atoms with Crippen LogP contribution in [0.25, 0.3) is 0 Å². The number of aromatic hydroxyl groups is 1. The number of hydrogen-bond acceptors (Lipinski definition) is 4. The molecule has 0 radical (unpaired) electrons. The van der Waals surface area contributed by atoms with Gasteiger partial charge in [-0.3, -0.25) is 4.79 Å². The molecule has 0 saturated carbocycles. The van der Waals surface area contributed by atoms with Crippen molar-refractivity contribution < 1.29 is 24.7 Å². The number of unbranched alkanes of at least 4 members (excludes halogenated alkanes) is 1. The second-order valence-corrected chi connectivity index (χ2v) is 4.24. The first-order valence-corrected chi connectivity index (χ1v) is 5.84. The number of aliphatic hydroxyl groups excluding tert-OH is 1. The summed E-state index contributed by atoms with van der Waals surface area (Å²) in [6.07, 6.45) is 5.21. The fraction of sp³-hybridized carbons (Fsp3) is 0.500. The molecule has 1 aromatic rings. The highest BCUT2D eigenvalue weighted by molar-refractivity contribution is 5.72. The quantitative estimate of drug-likeness (QED) is 0.397. The molecule has 0 saturated heterocycles. The summed E-state index contributed by atoms with van der Waals surface area (Å²) in [5.41, 5.74) is 6.02. The molecule has 1 atom stereocenters. The van der Waals surface area contributed by atoms with Crippen LogP contribution in [0.2, 0.25) is 0 Å². The number of pyridine rings is 1. The van der Waals surface area contributed by atoms with Gasteiger partial charge in [-0.15, -0.1) is 0 Å². The van der Waals surface area contributed by atoms with E-state index in [0.717, 1.165) is 6.42 Å². The lowest BCUT2D eigenvalue weighted by atomic mass is 10.1. The molecule has 0 fully saturated rings. The highest BCUT2D eigenvalue weighted by Gasteiger charge is 2.11. The summed E-state index contributed by atoms with van der Waals surface area (Å²) < 4.78 is 1.77. The smallest absolute Gasteiger partial charge is 0.320 e. The first kappa shape index (κ1) is 14.4. The molecule has 1 rings (SSSR count). The molecule has 6 heteroatoms. The molecule has 6 nitrogen and oxygen atoms in total. The lowest BCUT2D eigenvalue weighted by Gasteiger charge is -2.04. The highest BCUT2D eigenvalue weighted by atomic mass is 16.4. The van der Waals surface area contributed by atoms with Gasteiger partial charge in [0, 0.05) is 12.0 Å². The Morgan fingerprint density at radius 2 is 2.11 bits per heavy atom. The topological polar surface area (TPSA) is 108 Å². The van der Waals surface area contributed by atoms with E-state index in [2.05, 4.69) is 0 Å². The van der Waals surface area contributed by atoms with Crippen LogP contribution < -0.4 is 10.3 Å². The highest BCUT2D eigenvalue weighted by Crippen LogP contribution is 2.08. The van der Waals surface area contributed by atoms with Gasteiger partial charge in [0.2, 0.25) is 6.20 Å². The summed E-state index contributed by atoms with van der Waals surface area (Å²) in [5.74, 6) is -0.883. The number of carboxylic acids is 1. The van der Waals surface area contributed by atoms with E-state index in [9.17, 15) is 9.90 Å². The maximum Gasteiger partial charge on any atom is 0.320 e. The Balaban J connectivity index is 2.39. The second-order valence-electron chi connectivity index (χ2n) is 4.24.